The molecule has 4 rings (SSSR count). The molecule has 0 N–H and O–H groups in total. The molecule has 0 saturated heterocycles. The Bertz CT molecular complexity index is 1270. The van der Waals surface area contributed by atoms with Crippen LogP contribution in [-0.2, 0) is 4.79 Å². The summed E-state index contributed by atoms with van der Waals surface area (Å²) in [5, 5.41) is 11.0. The van der Waals surface area contributed by atoms with E-state index in [1.54, 1.807) is 19.1 Å². The van der Waals surface area contributed by atoms with Crippen molar-refractivity contribution < 1.29 is 28.8 Å². The number of carbonyl (C=O) groups excluding carboxylic acids is 3. The molecule has 0 saturated carbocycles. The highest BCUT2D eigenvalue weighted by molar-refractivity contribution is 6.35. The fourth-order valence-electron chi connectivity index (χ4n) is 3.22. The second-order valence-electron chi connectivity index (χ2n) is 6.80. The molecule has 1 aliphatic rings. The van der Waals surface area contributed by atoms with Gasteiger partial charge in [-0.1, -0.05) is 25.1 Å². The zero-order valence-corrected chi connectivity index (χ0v) is 16.8. The van der Waals surface area contributed by atoms with Gasteiger partial charge >= 0.3 is 5.97 Å². The maximum absolute atomic E-state index is 13.1. The molecule has 0 atom stereocenters. The lowest BCUT2D eigenvalue weighted by Crippen LogP contribution is -2.30. The smallest absolute Gasteiger partial charge is 0.310 e. The number of amides is 2. The molecule has 0 spiro atoms. The van der Waals surface area contributed by atoms with Crippen LogP contribution in [0.3, 0.4) is 0 Å². The Morgan fingerprint density at radius 1 is 0.938 bits per heavy atom. The van der Waals surface area contributed by atoms with E-state index >= 15 is 0 Å². The third-order valence-electron chi connectivity index (χ3n) is 4.74. The minimum Gasteiger partial charge on any atom is -0.457 e. The van der Waals surface area contributed by atoms with E-state index in [2.05, 4.69) is 0 Å². The first-order valence-corrected chi connectivity index (χ1v) is 9.64. The zero-order valence-electron chi connectivity index (χ0n) is 16.8. The summed E-state index contributed by atoms with van der Waals surface area (Å²) in [5.41, 5.74) is 0.286. The van der Waals surface area contributed by atoms with Gasteiger partial charge in [0.1, 0.15) is 11.5 Å². The van der Waals surface area contributed by atoms with Gasteiger partial charge in [-0.2, -0.15) is 0 Å². The van der Waals surface area contributed by atoms with E-state index in [1.807, 2.05) is 0 Å². The van der Waals surface area contributed by atoms with Gasteiger partial charge in [0.05, 0.1) is 27.8 Å². The number of benzene rings is 3. The topological polar surface area (TPSA) is 116 Å². The molecule has 0 aromatic heterocycles. The van der Waals surface area contributed by atoms with Gasteiger partial charge < -0.3 is 9.47 Å². The molecule has 160 valence electrons. The maximum atomic E-state index is 13.1. The van der Waals surface area contributed by atoms with Crippen molar-refractivity contribution in [3.8, 4) is 17.2 Å². The standard InChI is InChI=1S/C23H16N2O7/c1-2-21(26)32-20-9-4-3-8-19(20)24-22(27)17-11-10-16(13-18(17)23(24)28)31-15-7-5-6-14(12-15)25(29)30/h3-13H,2H2,1H3. The number of imide groups is 1. The predicted octanol–water partition coefficient (Wildman–Crippen LogP) is 4.50. The first-order chi connectivity index (χ1) is 15.4. The van der Waals surface area contributed by atoms with Crippen molar-refractivity contribution in [2.24, 2.45) is 0 Å². The molecule has 1 aliphatic heterocycles. The van der Waals surface area contributed by atoms with Gasteiger partial charge in [-0.05, 0) is 36.4 Å². The van der Waals surface area contributed by atoms with E-state index in [1.165, 1.54) is 54.6 Å². The van der Waals surface area contributed by atoms with Gasteiger partial charge in [-0.15, -0.1) is 0 Å². The molecule has 2 amide bonds. The number of esters is 1. The summed E-state index contributed by atoms with van der Waals surface area (Å²) in [5.74, 6) is -1.12. The van der Waals surface area contributed by atoms with Gasteiger partial charge in [0.15, 0.2) is 5.75 Å². The van der Waals surface area contributed by atoms with Gasteiger partial charge in [0.25, 0.3) is 17.5 Å². The second-order valence-corrected chi connectivity index (χ2v) is 6.80. The number of ether oxygens (including phenoxy) is 2. The number of anilines is 1. The predicted molar refractivity (Wildman–Crippen MR) is 113 cm³/mol. The van der Waals surface area contributed by atoms with Gasteiger partial charge in [-0.3, -0.25) is 24.5 Å². The van der Waals surface area contributed by atoms with Crippen LogP contribution < -0.4 is 14.4 Å². The lowest BCUT2D eigenvalue weighted by molar-refractivity contribution is -0.384. The Labute approximate surface area is 181 Å². The largest absolute Gasteiger partial charge is 0.457 e. The first-order valence-electron chi connectivity index (χ1n) is 9.64. The number of hydrogen-bond acceptors (Lipinski definition) is 7. The molecule has 0 unspecified atom stereocenters. The van der Waals surface area contributed by atoms with Crippen molar-refractivity contribution in [3.63, 3.8) is 0 Å². The van der Waals surface area contributed by atoms with Crippen LogP contribution in [0.4, 0.5) is 11.4 Å². The van der Waals surface area contributed by atoms with Crippen molar-refractivity contribution in [1.29, 1.82) is 0 Å². The van der Waals surface area contributed by atoms with E-state index in [4.69, 9.17) is 9.47 Å². The monoisotopic (exact) mass is 432 g/mol. The zero-order chi connectivity index (χ0) is 22.8. The van der Waals surface area contributed by atoms with Crippen LogP contribution in [0.1, 0.15) is 34.1 Å². The highest BCUT2D eigenvalue weighted by atomic mass is 16.6. The van der Waals surface area contributed by atoms with Gasteiger partial charge in [0.2, 0.25) is 0 Å². The molecule has 9 nitrogen and oxygen atoms in total. The fraction of sp³-hybridized carbons (Fsp3) is 0.0870. The SMILES string of the molecule is CCC(=O)Oc1ccccc1N1C(=O)c2ccc(Oc3cccc([N+](=O)[O-])c3)cc2C1=O. The van der Waals surface area contributed by atoms with Crippen molar-refractivity contribution in [1.82, 2.24) is 0 Å². The lowest BCUT2D eigenvalue weighted by atomic mass is 10.1. The van der Waals surface area contributed by atoms with Gasteiger partial charge in [-0.25, -0.2) is 4.90 Å². The number of rotatable bonds is 6. The normalized spacial score (nSPS) is 12.5. The number of fused-ring (bicyclic) bond motifs is 1. The van der Waals surface area contributed by atoms with E-state index in [-0.39, 0.29) is 46.2 Å². The lowest BCUT2D eigenvalue weighted by Gasteiger charge is -2.17. The molecule has 0 radical (unpaired) electrons. The summed E-state index contributed by atoms with van der Waals surface area (Å²) in [6, 6.07) is 16.2. The molecule has 32 heavy (non-hydrogen) atoms. The third-order valence-corrected chi connectivity index (χ3v) is 4.74. The summed E-state index contributed by atoms with van der Waals surface area (Å²) >= 11 is 0. The van der Waals surface area contributed by atoms with E-state index in [9.17, 15) is 24.5 Å². The van der Waals surface area contributed by atoms with Crippen molar-refractivity contribution >= 4 is 29.2 Å². The average molecular weight is 432 g/mol. The Balaban J connectivity index is 1.65. The van der Waals surface area contributed by atoms with Crippen LogP contribution in [0.25, 0.3) is 0 Å². The molecule has 0 aliphatic carbocycles. The van der Waals surface area contributed by atoms with Crippen LogP contribution in [0, 0.1) is 10.1 Å². The Morgan fingerprint density at radius 2 is 1.66 bits per heavy atom. The number of para-hydroxylation sites is 2. The maximum Gasteiger partial charge on any atom is 0.310 e. The number of carbonyl (C=O) groups is 3. The summed E-state index contributed by atoms with van der Waals surface area (Å²) in [7, 11) is 0. The summed E-state index contributed by atoms with van der Waals surface area (Å²) in [6.07, 6.45) is 0.134. The molecule has 0 bridgehead atoms. The highest BCUT2D eigenvalue weighted by Crippen LogP contribution is 2.37. The summed E-state index contributed by atoms with van der Waals surface area (Å²) in [4.78, 5) is 49.1. The van der Waals surface area contributed by atoms with Crippen molar-refractivity contribution in [3.05, 3.63) is 88.0 Å². The molecular weight excluding hydrogens is 416 g/mol. The van der Waals surface area contributed by atoms with Crippen molar-refractivity contribution in [2.75, 3.05) is 4.90 Å². The van der Waals surface area contributed by atoms with E-state index in [0.29, 0.717) is 0 Å². The van der Waals surface area contributed by atoms with E-state index < -0.39 is 22.7 Å². The number of non-ortho nitro benzene ring substituents is 1. The Morgan fingerprint density at radius 3 is 2.41 bits per heavy atom. The third kappa shape index (κ3) is 3.79. The summed E-state index contributed by atoms with van der Waals surface area (Å²) in [6.45, 7) is 1.63. The second kappa shape index (κ2) is 8.31. The number of nitro groups is 1. The molecule has 1 heterocycles. The van der Waals surface area contributed by atoms with Crippen LogP contribution in [-0.4, -0.2) is 22.7 Å². The van der Waals surface area contributed by atoms with Crippen LogP contribution >= 0.6 is 0 Å². The molecule has 0 fully saturated rings. The number of hydrogen-bond donors (Lipinski definition) is 0. The molecule has 9 heteroatoms. The minimum absolute atomic E-state index is 0.0990. The minimum atomic E-state index is -0.602. The van der Waals surface area contributed by atoms with Crippen molar-refractivity contribution in [2.45, 2.75) is 13.3 Å². The van der Waals surface area contributed by atoms with Gasteiger partial charge in [0, 0.05) is 12.5 Å². The van der Waals surface area contributed by atoms with Crippen LogP contribution in [0.2, 0.25) is 0 Å². The van der Waals surface area contributed by atoms with Crippen LogP contribution in [0.15, 0.2) is 66.7 Å². The number of nitro benzene ring substituents is 1. The molecular formula is C23H16N2O7. The van der Waals surface area contributed by atoms with Crippen LogP contribution in [0.5, 0.6) is 17.2 Å². The fourth-order valence-corrected chi connectivity index (χ4v) is 3.22. The first kappa shape index (κ1) is 20.7. The quantitative estimate of drug-likeness (QED) is 0.185. The number of nitrogens with zero attached hydrogens (tertiary/aromatic N) is 2. The Kier molecular flexibility index (Phi) is 5.38. The molecule has 3 aromatic rings. The average Bonchev–Trinajstić information content (AvgIpc) is 3.04. The highest BCUT2D eigenvalue weighted by Gasteiger charge is 2.38. The molecule has 3 aromatic carbocycles. The Hall–Kier alpha value is -4.53. The summed E-state index contributed by atoms with van der Waals surface area (Å²) < 4.78 is 10.9. The van der Waals surface area contributed by atoms with E-state index in [0.717, 1.165) is 4.90 Å².